The molecule has 1 heterocycles. The Hall–Kier alpha value is -0.380. The van der Waals surface area contributed by atoms with Gasteiger partial charge in [0.2, 0.25) is 0 Å². The predicted molar refractivity (Wildman–Crippen MR) is 59.8 cm³/mol. The highest BCUT2D eigenvalue weighted by molar-refractivity contribution is 7.12. The van der Waals surface area contributed by atoms with Crippen LogP contribution in [0.25, 0.3) is 0 Å². The van der Waals surface area contributed by atoms with Crippen molar-refractivity contribution in [3.05, 3.63) is 21.9 Å². The highest BCUT2D eigenvalue weighted by Gasteiger charge is 2.15. The Balaban J connectivity index is 2.62. The average Bonchev–Trinajstić information content (AvgIpc) is 2.60. The SMILES string of the molecule is CCC(CC(O)CO)c1ccc(C)s1. The maximum atomic E-state index is 9.38. The molecule has 0 aromatic carbocycles. The molecule has 0 aliphatic heterocycles. The van der Waals surface area contributed by atoms with Crippen molar-refractivity contribution in [2.45, 2.75) is 38.7 Å². The molecule has 80 valence electrons. The lowest BCUT2D eigenvalue weighted by Gasteiger charge is -2.15. The third kappa shape index (κ3) is 3.08. The van der Waals surface area contributed by atoms with Gasteiger partial charge in [-0.1, -0.05) is 6.92 Å². The van der Waals surface area contributed by atoms with Crippen LogP contribution in [-0.4, -0.2) is 22.9 Å². The standard InChI is InChI=1S/C11H18O2S/c1-3-9(6-10(13)7-12)11-5-4-8(2)14-11/h4-5,9-10,12-13H,3,6-7H2,1-2H3. The second-order valence-corrected chi connectivity index (χ2v) is 4.95. The largest absolute Gasteiger partial charge is 0.394 e. The summed E-state index contributed by atoms with van der Waals surface area (Å²) in [5.41, 5.74) is 0. The van der Waals surface area contributed by atoms with Gasteiger partial charge in [-0.05, 0) is 37.8 Å². The lowest BCUT2D eigenvalue weighted by Crippen LogP contribution is -2.15. The van der Waals surface area contributed by atoms with Crippen molar-refractivity contribution in [3.63, 3.8) is 0 Å². The molecule has 2 atom stereocenters. The fraction of sp³-hybridized carbons (Fsp3) is 0.636. The molecule has 1 aromatic heterocycles. The Bertz CT molecular complexity index is 270. The first-order valence-electron chi connectivity index (χ1n) is 5.02. The van der Waals surface area contributed by atoms with E-state index in [0.717, 1.165) is 6.42 Å². The second-order valence-electron chi connectivity index (χ2n) is 3.63. The van der Waals surface area contributed by atoms with Crippen LogP contribution in [0.5, 0.6) is 0 Å². The van der Waals surface area contributed by atoms with E-state index in [0.29, 0.717) is 12.3 Å². The minimum absolute atomic E-state index is 0.138. The van der Waals surface area contributed by atoms with E-state index in [1.54, 1.807) is 11.3 Å². The fourth-order valence-electron chi connectivity index (χ4n) is 1.56. The molecule has 0 saturated carbocycles. The summed E-state index contributed by atoms with van der Waals surface area (Å²) in [5.74, 6) is 0.385. The van der Waals surface area contributed by atoms with Gasteiger partial charge in [0.1, 0.15) is 0 Å². The van der Waals surface area contributed by atoms with Crippen LogP contribution < -0.4 is 0 Å². The molecule has 0 aliphatic rings. The minimum Gasteiger partial charge on any atom is -0.394 e. The Morgan fingerprint density at radius 2 is 2.14 bits per heavy atom. The molecule has 0 amide bonds. The van der Waals surface area contributed by atoms with E-state index in [1.165, 1.54) is 9.75 Å². The maximum Gasteiger partial charge on any atom is 0.0777 e. The van der Waals surface area contributed by atoms with Crippen LogP contribution in [0.15, 0.2) is 12.1 Å². The zero-order valence-electron chi connectivity index (χ0n) is 8.73. The Morgan fingerprint density at radius 3 is 2.57 bits per heavy atom. The van der Waals surface area contributed by atoms with Crippen LogP contribution in [0.4, 0.5) is 0 Å². The second kappa shape index (κ2) is 5.49. The summed E-state index contributed by atoms with van der Waals surface area (Å²) < 4.78 is 0. The molecule has 0 bridgehead atoms. The molecule has 0 aliphatic carbocycles. The van der Waals surface area contributed by atoms with Gasteiger partial charge in [0, 0.05) is 9.75 Å². The third-order valence-electron chi connectivity index (χ3n) is 2.42. The molecule has 2 unspecified atom stereocenters. The van der Waals surface area contributed by atoms with Crippen LogP contribution >= 0.6 is 11.3 Å². The monoisotopic (exact) mass is 214 g/mol. The van der Waals surface area contributed by atoms with Crippen LogP contribution in [0.1, 0.15) is 35.4 Å². The number of aliphatic hydroxyl groups is 2. The molecule has 3 heteroatoms. The molecule has 1 rings (SSSR count). The van der Waals surface area contributed by atoms with Crippen molar-refractivity contribution in [1.29, 1.82) is 0 Å². The van der Waals surface area contributed by atoms with Gasteiger partial charge in [-0.2, -0.15) is 0 Å². The summed E-state index contributed by atoms with van der Waals surface area (Å²) >= 11 is 1.78. The molecular weight excluding hydrogens is 196 g/mol. The van der Waals surface area contributed by atoms with Crippen molar-refractivity contribution in [2.75, 3.05) is 6.61 Å². The van der Waals surface area contributed by atoms with Gasteiger partial charge >= 0.3 is 0 Å². The van der Waals surface area contributed by atoms with Gasteiger partial charge in [-0.25, -0.2) is 0 Å². The number of hydrogen-bond acceptors (Lipinski definition) is 3. The summed E-state index contributed by atoms with van der Waals surface area (Å²) in [6.45, 7) is 4.06. The van der Waals surface area contributed by atoms with E-state index in [2.05, 4.69) is 26.0 Å². The predicted octanol–water partition coefficient (Wildman–Crippen LogP) is 2.29. The van der Waals surface area contributed by atoms with Crippen molar-refractivity contribution in [3.8, 4) is 0 Å². The van der Waals surface area contributed by atoms with Crippen molar-refractivity contribution < 1.29 is 10.2 Å². The van der Waals surface area contributed by atoms with Crippen LogP contribution in [0, 0.1) is 6.92 Å². The third-order valence-corrected chi connectivity index (χ3v) is 3.59. The maximum absolute atomic E-state index is 9.38. The zero-order valence-corrected chi connectivity index (χ0v) is 9.55. The Morgan fingerprint density at radius 1 is 1.43 bits per heavy atom. The molecule has 14 heavy (non-hydrogen) atoms. The molecule has 0 fully saturated rings. The quantitative estimate of drug-likeness (QED) is 0.789. The van der Waals surface area contributed by atoms with Gasteiger partial charge in [0.15, 0.2) is 0 Å². The fourth-order valence-corrected chi connectivity index (χ4v) is 2.63. The van der Waals surface area contributed by atoms with Gasteiger partial charge in [-0.3, -0.25) is 0 Å². The molecule has 0 radical (unpaired) electrons. The van der Waals surface area contributed by atoms with Crippen LogP contribution in [-0.2, 0) is 0 Å². The number of aryl methyl sites for hydroxylation is 1. The number of thiophene rings is 1. The summed E-state index contributed by atoms with van der Waals surface area (Å²) in [7, 11) is 0. The first-order chi connectivity index (χ1) is 6.67. The van der Waals surface area contributed by atoms with E-state index in [1.807, 2.05) is 0 Å². The lowest BCUT2D eigenvalue weighted by atomic mass is 9.97. The van der Waals surface area contributed by atoms with E-state index >= 15 is 0 Å². The number of hydrogen-bond donors (Lipinski definition) is 2. The lowest BCUT2D eigenvalue weighted by molar-refractivity contribution is 0.0820. The van der Waals surface area contributed by atoms with E-state index < -0.39 is 6.10 Å². The molecule has 0 saturated heterocycles. The normalized spacial score (nSPS) is 15.4. The Kier molecular flexibility index (Phi) is 4.58. The van der Waals surface area contributed by atoms with E-state index in [9.17, 15) is 5.11 Å². The van der Waals surface area contributed by atoms with Gasteiger partial charge < -0.3 is 10.2 Å². The first-order valence-corrected chi connectivity index (χ1v) is 5.84. The smallest absolute Gasteiger partial charge is 0.0777 e. The van der Waals surface area contributed by atoms with E-state index in [-0.39, 0.29) is 6.61 Å². The number of rotatable bonds is 5. The zero-order chi connectivity index (χ0) is 10.6. The van der Waals surface area contributed by atoms with Crippen molar-refractivity contribution in [1.82, 2.24) is 0 Å². The van der Waals surface area contributed by atoms with Crippen LogP contribution in [0.3, 0.4) is 0 Å². The highest BCUT2D eigenvalue weighted by Crippen LogP contribution is 2.30. The number of aliphatic hydroxyl groups excluding tert-OH is 2. The molecule has 1 aromatic rings. The summed E-state index contributed by atoms with van der Waals surface area (Å²) in [5, 5.41) is 18.2. The molecule has 2 nitrogen and oxygen atoms in total. The van der Waals surface area contributed by atoms with Crippen molar-refractivity contribution >= 4 is 11.3 Å². The van der Waals surface area contributed by atoms with Crippen LogP contribution in [0.2, 0.25) is 0 Å². The molecular formula is C11H18O2S. The average molecular weight is 214 g/mol. The van der Waals surface area contributed by atoms with Crippen molar-refractivity contribution in [2.24, 2.45) is 0 Å². The van der Waals surface area contributed by atoms with Gasteiger partial charge in [0.25, 0.3) is 0 Å². The van der Waals surface area contributed by atoms with Gasteiger partial charge in [0.05, 0.1) is 12.7 Å². The topological polar surface area (TPSA) is 40.5 Å². The Labute approximate surface area is 89.2 Å². The summed E-state index contributed by atoms with van der Waals surface area (Å²) in [6, 6.07) is 4.23. The minimum atomic E-state index is -0.581. The highest BCUT2D eigenvalue weighted by atomic mass is 32.1. The van der Waals surface area contributed by atoms with E-state index in [4.69, 9.17) is 5.11 Å². The summed E-state index contributed by atoms with van der Waals surface area (Å²) in [6.07, 6.45) is 1.09. The molecule has 0 spiro atoms. The summed E-state index contributed by atoms with van der Waals surface area (Å²) in [4.78, 5) is 2.62. The molecule has 2 N–H and O–H groups in total. The van der Waals surface area contributed by atoms with Gasteiger partial charge in [-0.15, -0.1) is 11.3 Å². The first kappa shape index (κ1) is 11.7.